The van der Waals surface area contributed by atoms with Gasteiger partial charge in [-0.05, 0) is 12.1 Å². The molecule has 14 heavy (non-hydrogen) atoms. The maximum atomic E-state index is 8.50. The number of nitrogens with zero attached hydrogens (tertiary/aromatic N) is 3. The van der Waals surface area contributed by atoms with Crippen molar-refractivity contribution in [3.05, 3.63) is 48.5 Å². The van der Waals surface area contributed by atoms with Crippen LogP contribution in [-0.4, -0.2) is 9.55 Å². The summed E-state index contributed by atoms with van der Waals surface area (Å²) in [5.74, 6) is 0. The van der Waals surface area contributed by atoms with Crippen molar-refractivity contribution >= 4 is 0 Å². The third kappa shape index (κ3) is 1.64. The number of rotatable bonds is 2. The van der Waals surface area contributed by atoms with Crippen LogP contribution in [0.25, 0.3) is 5.69 Å². The number of para-hydroxylation sites is 1. The summed E-state index contributed by atoms with van der Waals surface area (Å²) in [4.78, 5) is 4.12. The smallest absolute Gasteiger partial charge is 0.0995 e. The minimum Gasteiger partial charge on any atom is -0.306 e. The predicted octanol–water partition coefficient (Wildman–Crippen LogP) is 1.94. The molecular weight excluding hydrogens is 174 g/mol. The highest BCUT2D eigenvalue weighted by Crippen LogP contribution is 2.07. The highest BCUT2D eigenvalue weighted by atomic mass is 15.0. The van der Waals surface area contributed by atoms with Gasteiger partial charge in [-0.25, -0.2) is 4.98 Å². The molecule has 1 aromatic heterocycles. The molecule has 1 heterocycles. The number of hydrogen-bond acceptors (Lipinski definition) is 2. The van der Waals surface area contributed by atoms with Gasteiger partial charge in [-0.2, -0.15) is 5.26 Å². The fraction of sp³-hybridized carbons (Fsp3) is 0.0909. The summed E-state index contributed by atoms with van der Waals surface area (Å²) in [6.07, 6.45) is 3.96. The molecule has 0 radical (unpaired) electrons. The zero-order valence-corrected chi connectivity index (χ0v) is 7.59. The quantitative estimate of drug-likeness (QED) is 0.713. The Kier molecular flexibility index (Phi) is 2.28. The Labute approximate surface area is 82.2 Å². The van der Waals surface area contributed by atoms with Gasteiger partial charge in [0.25, 0.3) is 0 Å². The van der Waals surface area contributed by atoms with Crippen LogP contribution >= 0.6 is 0 Å². The van der Waals surface area contributed by atoms with Crippen LogP contribution in [0.5, 0.6) is 0 Å². The Balaban J connectivity index is 2.31. The fourth-order valence-electron chi connectivity index (χ4n) is 1.28. The number of aromatic nitrogens is 2. The first-order chi connectivity index (χ1) is 6.90. The van der Waals surface area contributed by atoms with Crippen molar-refractivity contribution in [1.82, 2.24) is 9.55 Å². The van der Waals surface area contributed by atoms with Gasteiger partial charge in [-0.3, -0.25) is 0 Å². The topological polar surface area (TPSA) is 41.6 Å². The van der Waals surface area contributed by atoms with E-state index in [9.17, 15) is 0 Å². The van der Waals surface area contributed by atoms with E-state index in [4.69, 9.17) is 5.26 Å². The maximum absolute atomic E-state index is 8.50. The summed E-state index contributed by atoms with van der Waals surface area (Å²) in [6, 6.07) is 12.0. The van der Waals surface area contributed by atoms with E-state index < -0.39 is 0 Å². The molecule has 0 aliphatic heterocycles. The number of benzene rings is 1. The lowest BCUT2D eigenvalue weighted by Crippen LogP contribution is -1.88. The van der Waals surface area contributed by atoms with Crippen LogP contribution in [0.4, 0.5) is 0 Å². The van der Waals surface area contributed by atoms with Crippen LogP contribution < -0.4 is 0 Å². The van der Waals surface area contributed by atoms with Crippen molar-refractivity contribution in [3.8, 4) is 11.8 Å². The zero-order chi connectivity index (χ0) is 9.80. The lowest BCUT2D eigenvalue weighted by atomic mass is 10.3. The standard InChI is InChI=1S/C11H9N3/c12-7-6-10-8-14(9-13-10)11-4-2-1-3-5-11/h1-5,8-9H,6H2. The van der Waals surface area contributed by atoms with Crippen molar-refractivity contribution in [3.63, 3.8) is 0 Å². The number of hydrogen-bond donors (Lipinski definition) is 0. The Hall–Kier alpha value is -2.08. The maximum Gasteiger partial charge on any atom is 0.0995 e. The summed E-state index contributed by atoms with van der Waals surface area (Å²) in [5.41, 5.74) is 1.86. The van der Waals surface area contributed by atoms with Gasteiger partial charge in [0, 0.05) is 11.9 Å². The van der Waals surface area contributed by atoms with Gasteiger partial charge in [0.2, 0.25) is 0 Å². The van der Waals surface area contributed by atoms with E-state index in [2.05, 4.69) is 11.1 Å². The normalized spacial score (nSPS) is 9.64. The van der Waals surface area contributed by atoms with Crippen LogP contribution in [0.3, 0.4) is 0 Å². The zero-order valence-electron chi connectivity index (χ0n) is 7.59. The molecule has 0 aliphatic rings. The molecule has 0 saturated carbocycles. The molecule has 3 heteroatoms. The lowest BCUT2D eigenvalue weighted by molar-refractivity contribution is 1.06. The van der Waals surface area contributed by atoms with Crippen LogP contribution in [0.1, 0.15) is 5.69 Å². The molecule has 68 valence electrons. The molecule has 0 unspecified atom stereocenters. The molecule has 2 aromatic rings. The Morgan fingerprint density at radius 1 is 1.29 bits per heavy atom. The molecule has 0 spiro atoms. The van der Waals surface area contributed by atoms with E-state index in [1.54, 1.807) is 6.33 Å². The Morgan fingerprint density at radius 2 is 2.07 bits per heavy atom. The largest absolute Gasteiger partial charge is 0.306 e. The number of nitriles is 1. The van der Waals surface area contributed by atoms with E-state index in [1.165, 1.54) is 0 Å². The third-order valence-electron chi connectivity index (χ3n) is 1.95. The van der Waals surface area contributed by atoms with Crippen LogP contribution in [0.15, 0.2) is 42.9 Å². The van der Waals surface area contributed by atoms with Crippen molar-refractivity contribution in [2.45, 2.75) is 6.42 Å². The Bertz CT molecular complexity index is 451. The summed E-state index contributed by atoms with van der Waals surface area (Å²) >= 11 is 0. The predicted molar refractivity (Wildman–Crippen MR) is 52.9 cm³/mol. The van der Waals surface area contributed by atoms with E-state index in [0.29, 0.717) is 6.42 Å². The lowest BCUT2D eigenvalue weighted by Gasteiger charge is -1.98. The van der Waals surface area contributed by atoms with E-state index in [-0.39, 0.29) is 0 Å². The number of imidazole rings is 1. The molecule has 0 atom stereocenters. The monoisotopic (exact) mass is 183 g/mol. The summed E-state index contributed by atoms with van der Waals surface area (Å²) in [5, 5.41) is 8.50. The summed E-state index contributed by atoms with van der Waals surface area (Å²) < 4.78 is 1.91. The highest BCUT2D eigenvalue weighted by molar-refractivity contribution is 5.31. The van der Waals surface area contributed by atoms with E-state index in [1.807, 2.05) is 41.1 Å². The average molecular weight is 183 g/mol. The molecule has 3 nitrogen and oxygen atoms in total. The molecule has 0 saturated heterocycles. The minimum absolute atomic E-state index is 0.361. The van der Waals surface area contributed by atoms with Gasteiger partial charge in [-0.15, -0.1) is 0 Å². The molecule has 1 aromatic carbocycles. The summed E-state index contributed by atoms with van der Waals surface area (Å²) in [6.45, 7) is 0. The van der Waals surface area contributed by atoms with Gasteiger partial charge in [0.05, 0.1) is 24.5 Å². The molecule has 2 rings (SSSR count). The van der Waals surface area contributed by atoms with Crippen LogP contribution in [0, 0.1) is 11.3 Å². The molecule has 0 fully saturated rings. The second-order valence-electron chi connectivity index (χ2n) is 2.94. The third-order valence-corrected chi connectivity index (χ3v) is 1.95. The van der Waals surface area contributed by atoms with Gasteiger partial charge in [0.1, 0.15) is 0 Å². The first kappa shape index (κ1) is 8.52. The molecular formula is C11H9N3. The fourth-order valence-corrected chi connectivity index (χ4v) is 1.28. The summed E-state index contributed by atoms with van der Waals surface area (Å²) in [7, 11) is 0. The molecule has 0 aliphatic carbocycles. The highest BCUT2D eigenvalue weighted by Gasteiger charge is 1.98. The van der Waals surface area contributed by atoms with E-state index >= 15 is 0 Å². The van der Waals surface area contributed by atoms with Crippen molar-refractivity contribution in [1.29, 1.82) is 5.26 Å². The Morgan fingerprint density at radius 3 is 2.79 bits per heavy atom. The molecule has 0 bridgehead atoms. The second kappa shape index (κ2) is 3.75. The van der Waals surface area contributed by atoms with Crippen LogP contribution in [-0.2, 0) is 6.42 Å². The van der Waals surface area contributed by atoms with Crippen molar-refractivity contribution < 1.29 is 0 Å². The molecule has 0 amide bonds. The van der Waals surface area contributed by atoms with Crippen LogP contribution in [0.2, 0.25) is 0 Å². The first-order valence-corrected chi connectivity index (χ1v) is 4.35. The van der Waals surface area contributed by atoms with Crippen molar-refractivity contribution in [2.75, 3.05) is 0 Å². The van der Waals surface area contributed by atoms with E-state index in [0.717, 1.165) is 11.4 Å². The van der Waals surface area contributed by atoms with Crippen molar-refractivity contribution in [2.24, 2.45) is 0 Å². The van der Waals surface area contributed by atoms with Gasteiger partial charge in [0.15, 0.2) is 0 Å². The van der Waals surface area contributed by atoms with Gasteiger partial charge in [-0.1, -0.05) is 18.2 Å². The average Bonchev–Trinajstić information content (AvgIpc) is 2.68. The second-order valence-corrected chi connectivity index (χ2v) is 2.94. The first-order valence-electron chi connectivity index (χ1n) is 4.35. The molecule has 0 N–H and O–H groups in total. The van der Waals surface area contributed by atoms with Gasteiger partial charge >= 0.3 is 0 Å². The SMILES string of the molecule is N#CCc1cn(-c2ccccc2)cn1. The minimum atomic E-state index is 0.361. The van der Waals surface area contributed by atoms with Gasteiger partial charge < -0.3 is 4.57 Å².